The lowest BCUT2D eigenvalue weighted by Gasteiger charge is -2.35. The maximum atomic E-state index is 12.6. The lowest BCUT2D eigenvalue weighted by molar-refractivity contribution is -0.00622. The van der Waals surface area contributed by atoms with Gasteiger partial charge in [0.2, 0.25) is 0 Å². The second-order valence-electron chi connectivity index (χ2n) is 4.74. The van der Waals surface area contributed by atoms with Crippen molar-refractivity contribution in [3.05, 3.63) is 46.6 Å². The van der Waals surface area contributed by atoms with Gasteiger partial charge in [0.1, 0.15) is 0 Å². The highest BCUT2D eigenvalue weighted by Crippen LogP contribution is 2.27. The smallest absolute Gasteiger partial charge is 0.290 e. The summed E-state index contributed by atoms with van der Waals surface area (Å²) in [5, 5.41) is 0. The van der Waals surface area contributed by atoms with Gasteiger partial charge in [-0.15, -0.1) is 0 Å². The van der Waals surface area contributed by atoms with Crippen molar-refractivity contribution in [3.8, 4) is 0 Å². The molecule has 3 heterocycles. The molecule has 3 rings (SSSR count). The Morgan fingerprint density at radius 1 is 1.40 bits per heavy atom. The van der Waals surface area contributed by atoms with Crippen LogP contribution in [-0.4, -0.2) is 35.1 Å². The number of hydrogen-bond acceptors (Lipinski definition) is 3. The predicted molar refractivity (Wildman–Crippen MR) is 76.4 cm³/mol. The molecule has 0 aliphatic carbocycles. The van der Waals surface area contributed by atoms with Crippen LogP contribution in [0.3, 0.4) is 0 Å². The lowest BCUT2D eigenvalue weighted by Crippen LogP contribution is -2.43. The van der Waals surface area contributed by atoms with Crippen LogP contribution in [0.25, 0.3) is 0 Å². The summed E-state index contributed by atoms with van der Waals surface area (Å²) in [6.07, 6.45) is 1.97. The van der Waals surface area contributed by atoms with Crippen LogP contribution < -0.4 is 0 Å². The predicted octanol–water partition coefficient (Wildman–Crippen LogP) is 2.59. The third kappa shape index (κ3) is 2.41. The Balaban J connectivity index is 1.89. The van der Waals surface area contributed by atoms with E-state index >= 15 is 0 Å². The fraction of sp³-hybridized carbons (Fsp3) is 0.357. The third-order valence-electron chi connectivity index (χ3n) is 3.50. The number of aromatic nitrogens is 1. The largest absolute Gasteiger partial charge is 0.444 e. The summed E-state index contributed by atoms with van der Waals surface area (Å²) in [5.41, 5.74) is 1.06. The molecule has 1 aliphatic heterocycles. The van der Waals surface area contributed by atoms with Crippen molar-refractivity contribution in [2.45, 2.75) is 6.04 Å². The fourth-order valence-electron chi connectivity index (χ4n) is 2.48. The Morgan fingerprint density at radius 2 is 2.25 bits per heavy atom. The molecule has 0 radical (unpaired) electrons. The van der Waals surface area contributed by atoms with Gasteiger partial charge in [-0.3, -0.25) is 4.79 Å². The molecule has 1 atom stereocenters. The number of halogens is 1. The minimum absolute atomic E-state index is 0.0832. The zero-order valence-electron chi connectivity index (χ0n) is 11.1. The molecule has 20 heavy (non-hydrogen) atoms. The SMILES string of the molecule is Cn1cccc1[C@@H]1COCCN1C(=O)c1ccc(Br)o1. The van der Waals surface area contributed by atoms with Gasteiger partial charge in [0.05, 0.1) is 19.3 Å². The second-order valence-corrected chi connectivity index (χ2v) is 5.52. The molecule has 1 amide bonds. The number of ether oxygens (including phenoxy) is 1. The van der Waals surface area contributed by atoms with Crippen LogP contribution in [0, 0.1) is 0 Å². The van der Waals surface area contributed by atoms with Crippen LogP contribution in [0.15, 0.2) is 39.5 Å². The molecule has 0 saturated carbocycles. The molecule has 1 fully saturated rings. The topological polar surface area (TPSA) is 47.6 Å². The summed E-state index contributed by atoms with van der Waals surface area (Å²) < 4.78 is 13.5. The fourth-order valence-corrected chi connectivity index (χ4v) is 2.79. The maximum Gasteiger partial charge on any atom is 0.290 e. The number of carbonyl (C=O) groups is 1. The molecule has 0 bridgehead atoms. The monoisotopic (exact) mass is 338 g/mol. The number of carbonyl (C=O) groups excluding carboxylic acids is 1. The molecule has 0 aromatic carbocycles. The standard InChI is InChI=1S/C14H15BrN2O3/c1-16-6-2-3-10(16)11-9-19-8-7-17(11)14(18)12-4-5-13(15)20-12/h2-6,11H,7-9H2,1H3/t11-/m0/s1. The van der Waals surface area contributed by atoms with Gasteiger partial charge in [-0.25, -0.2) is 0 Å². The van der Waals surface area contributed by atoms with Crippen molar-refractivity contribution in [2.75, 3.05) is 19.8 Å². The van der Waals surface area contributed by atoms with Crippen molar-refractivity contribution < 1.29 is 13.9 Å². The number of nitrogens with zero attached hydrogens (tertiary/aromatic N) is 2. The highest BCUT2D eigenvalue weighted by Gasteiger charge is 2.32. The zero-order chi connectivity index (χ0) is 14.1. The van der Waals surface area contributed by atoms with Gasteiger partial charge < -0.3 is 18.6 Å². The Hall–Kier alpha value is -1.53. The van der Waals surface area contributed by atoms with E-state index in [0.717, 1.165) is 5.69 Å². The maximum absolute atomic E-state index is 12.6. The van der Waals surface area contributed by atoms with Gasteiger partial charge in [-0.1, -0.05) is 0 Å². The molecule has 0 N–H and O–H groups in total. The first-order valence-corrected chi connectivity index (χ1v) is 7.21. The molecule has 106 valence electrons. The third-order valence-corrected chi connectivity index (χ3v) is 3.92. The van der Waals surface area contributed by atoms with E-state index in [-0.39, 0.29) is 11.9 Å². The van der Waals surface area contributed by atoms with Crippen LogP contribution in [0.4, 0.5) is 0 Å². The van der Waals surface area contributed by atoms with Crippen molar-refractivity contribution in [1.29, 1.82) is 0 Å². The lowest BCUT2D eigenvalue weighted by atomic mass is 10.1. The minimum atomic E-state index is -0.106. The average molecular weight is 339 g/mol. The Bertz CT molecular complexity index is 619. The number of rotatable bonds is 2. The summed E-state index contributed by atoms with van der Waals surface area (Å²) in [7, 11) is 1.97. The molecule has 0 spiro atoms. The number of aryl methyl sites for hydroxylation is 1. The Labute approximate surface area is 125 Å². The van der Waals surface area contributed by atoms with Gasteiger partial charge in [0, 0.05) is 25.5 Å². The van der Waals surface area contributed by atoms with Gasteiger partial charge in [0.25, 0.3) is 5.91 Å². The van der Waals surface area contributed by atoms with E-state index in [9.17, 15) is 4.79 Å². The van der Waals surface area contributed by atoms with Crippen molar-refractivity contribution in [3.63, 3.8) is 0 Å². The van der Waals surface area contributed by atoms with Crippen molar-refractivity contribution in [2.24, 2.45) is 7.05 Å². The van der Waals surface area contributed by atoms with Gasteiger partial charge in [0.15, 0.2) is 10.4 Å². The highest BCUT2D eigenvalue weighted by atomic mass is 79.9. The number of furan rings is 1. The molecular formula is C14H15BrN2O3. The summed E-state index contributed by atoms with van der Waals surface area (Å²) in [6.45, 7) is 1.62. The van der Waals surface area contributed by atoms with E-state index in [1.807, 2.05) is 34.8 Å². The second kappa shape index (κ2) is 5.46. The van der Waals surface area contributed by atoms with E-state index in [1.54, 1.807) is 12.1 Å². The highest BCUT2D eigenvalue weighted by molar-refractivity contribution is 9.10. The van der Waals surface area contributed by atoms with E-state index in [0.29, 0.717) is 30.2 Å². The van der Waals surface area contributed by atoms with Crippen molar-refractivity contribution in [1.82, 2.24) is 9.47 Å². The molecule has 2 aromatic rings. The first-order valence-electron chi connectivity index (χ1n) is 6.42. The first kappa shape index (κ1) is 13.5. The normalized spacial score (nSPS) is 19.3. The quantitative estimate of drug-likeness (QED) is 0.845. The van der Waals surface area contributed by atoms with Crippen molar-refractivity contribution >= 4 is 21.8 Å². The molecule has 1 saturated heterocycles. The molecule has 0 unspecified atom stereocenters. The zero-order valence-corrected chi connectivity index (χ0v) is 12.7. The van der Waals surface area contributed by atoms with Crippen LogP contribution in [0.5, 0.6) is 0 Å². The van der Waals surface area contributed by atoms with E-state index in [4.69, 9.17) is 9.15 Å². The number of morpholine rings is 1. The van der Waals surface area contributed by atoms with E-state index in [2.05, 4.69) is 15.9 Å². The number of hydrogen-bond donors (Lipinski definition) is 0. The molecule has 1 aliphatic rings. The molecular weight excluding hydrogens is 324 g/mol. The summed E-state index contributed by atoms with van der Waals surface area (Å²) >= 11 is 3.22. The molecule has 5 nitrogen and oxygen atoms in total. The summed E-state index contributed by atoms with van der Waals surface area (Å²) in [6, 6.07) is 7.31. The van der Waals surface area contributed by atoms with E-state index in [1.165, 1.54) is 0 Å². The Morgan fingerprint density at radius 3 is 2.90 bits per heavy atom. The van der Waals surface area contributed by atoms with Gasteiger partial charge >= 0.3 is 0 Å². The van der Waals surface area contributed by atoms with E-state index < -0.39 is 0 Å². The van der Waals surface area contributed by atoms with Gasteiger partial charge in [-0.05, 0) is 40.2 Å². The van der Waals surface area contributed by atoms with Crippen LogP contribution in [0.2, 0.25) is 0 Å². The molecule has 2 aromatic heterocycles. The minimum Gasteiger partial charge on any atom is -0.444 e. The summed E-state index contributed by atoms with van der Waals surface area (Å²) in [5.74, 6) is 0.239. The Kier molecular flexibility index (Phi) is 3.67. The average Bonchev–Trinajstić information content (AvgIpc) is 3.07. The van der Waals surface area contributed by atoms with Crippen LogP contribution in [-0.2, 0) is 11.8 Å². The van der Waals surface area contributed by atoms with Gasteiger partial charge in [-0.2, -0.15) is 0 Å². The first-order chi connectivity index (χ1) is 9.66. The summed E-state index contributed by atoms with van der Waals surface area (Å²) in [4.78, 5) is 14.4. The van der Waals surface area contributed by atoms with Crippen LogP contribution >= 0.6 is 15.9 Å². The van der Waals surface area contributed by atoms with Crippen LogP contribution in [0.1, 0.15) is 22.3 Å². The molecule has 6 heteroatoms. The number of amides is 1.